The molecule has 5 nitrogen and oxygen atoms in total. The predicted octanol–water partition coefficient (Wildman–Crippen LogP) is 0.998. The third kappa shape index (κ3) is 4.48. The second-order valence-electron chi connectivity index (χ2n) is 3.26. The van der Waals surface area contributed by atoms with Gasteiger partial charge >= 0.3 is 5.97 Å². The lowest BCUT2D eigenvalue weighted by molar-refractivity contribution is -0.208. The summed E-state index contributed by atoms with van der Waals surface area (Å²) in [7, 11) is 0. The van der Waals surface area contributed by atoms with Crippen molar-refractivity contribution in [2.24, 2.45) is 5.73 Å². The van der Waals surface area contributed by atoms with Gasteiger partial charge in [-0.2, -0.15) is 0 Å². The van der Waals surface area contributed by atoms with Crippen LogP contribution in [0.1, 0.15) is 6.92 Å². The van der Waals surface area contributed by atoms with Gasteiger partial charge in [-0.15, -0.1) is 0 Å². The third-order valence-corrected chi connectivity index (χ3v) is 1.86. The van der Waals surface area contributed by atoms with E-state index in [9.17, 15) is 9.59 Å². The van der Waals surface area contributed by atoms with E-state index in [1.54, 1.807) is 30.3 Å². The molecule has 0 aliphatic heterocycles. The number of carbonyl (C=O) groups is 2. The first-order chi connectivity index (χ1) is 8.13. The van der Waals surface area contributed by atoms with Crippen molar-refractivity contribution in [3.63, 3.8) is 0 Å². The maximum atomic E-state index is 11.4. The summed E-state index contributed by atoms with van der Waals surface area (Å²) in [4.78, 5) is 31.6. The highest BCUT2D eigenvalue weighted by atomic mass is 17.2. The normalized spacial score (nSPS) is 10.8. The summed E-state index contributed by atoms with van der Waals surface area (Å²) in [5.41, 5.74) is 5.24. The lowest BCUT2D eigenvalue weighted by atomic mass is 10.2. The molecule has 0 aromatic heterocycles. The van der Waals surface area contributed by atoms with E-state index in [0.29, 0.717) is 5.75 Å². The number of rotatable bonds is 5. The zero-order valence-electron chi connectivity index (χ0n) is 9.38. The Bertz CT molecular complexity index is 425. The van der Waals surface area contributed by atoms with Crippen LogP contribution in [0, 0.1) is 0 Å². The fourth-order valence-electron chi connectivity index (χ4n) is 0.987. The Morgan fingerprint density at radius 1 is 1.29 bits per heavy atom. The van der Waals surface area contributed by atoms with Crippen LogP contribution < -0.4 is 10.6 Å². The molecule has 90 valence electrons. The fourth-order valence-corrected chi connectivity index (χ4v) is 0.987. The smallest absolute Gasteiger partial charge is 0.324 e. The Balaban J connectivity index is 2.50. The molecule has 0 saturated heterocycles. The van der Waals surface area contributed by atoms with Crippen LogP contribution in [0.2, 0.25) is 0 Å². The monoisotopic (exact) mass is 235 g/mol. The van der Waals surface area contributed by atoms with E-state index >= 15 is 0 Å². The number of ketones is 1. The minimum absolute atomic E-state index is 0.136. The molecular weight excluding hydrogens is 222 g/mol. The Morgan fingerprint density at radius 3 is 2.53 bits per heavy atom. The van der Waals surface area contributed by atoms with Gasteiger partial charge < -0.3 is 5.73 Å². The van der Waals surface area contributed by atoms with Gasteiger partial charge in [0.2, 0.25) is 0 Å². The molecular formula is C12H13NO4. The Morgan fingerprint density at radius 2 is 1.94 bits per heavy atom. The highest BCUT2D eigenvalue weighted by molar-refractivity contribution is 5.99. The first kappa shape index (κ1) is 12.9. The number of hydrogen-bond donors (Lipinski definition) is 1. The fraction of sp³-hybridized carbons (Fsp3) is 0.167. The highest BCUT2D eigenvalue weighted by Gasteiger charge is 2.09. The second kappa shape index (κ2) is 6.44. The molecule has 0 aliphatic carbocycles. The molecule has 0 spiro atoms. The predicted molar refractivity (Wildman–Crippen MR) is 61.0 cm³/mol. The van der Waals surface area contributed by atoms with Crippen LogP contribution >= 0.6 is 0 Å². The summed E-state index contributed by atoms with van der Waals surface area (Å²) in [5.74, 6) is -0.673. The summed E-state index contributed by atoms with van der Waals surface area (Å²) in [6, 6.07) is 8.56. The minimum Gasteiger partial charge on any atom is -0.324 e. The molecule has 1 rings (SSSR count). The Kier molecular flexibility index (Phi) is 4.90. The van der Waals surface area contributed by atoms with Crippen LogP contribution in [0.5, 0.6) is 5.75 Å². The summed E-state index contributed by atoms with van der Waals surface area (Å²) in [6.07, 6.45) is 1.12. The molecule has 0 amide bonds. The minimum atomic E-state index is -0.726. The van der Waals surface area contributed by atoms with E-state index in [2.05, 4.69) is 4.89 Å². The van der Waals surface area contributed by atoms with E-state index < -0.39 is 5.97 Å². The summed E-state index contributed by atoms with van der Waals surface area (Å²) in [5, 5.41) is 0. The number of hydrogen-bond acceptors (Lipinski definition) is 5. The molecule has 0 heterocycles. The standard InChI is InChI=1S/C12H13NO4/c1-9(7-10(14)8-13)12(15)17-16-11-5-3-2-4-6-11/h2-7H,8,13H2,1H3. The maximum Gasteiger partial charge on any atom is 0.382 e. The van der Waals surface area contributed by atoms with Gasteiger partial charge in [0.1, 0.15) is 0 Å². The van der Waals surface area contributed by atoms with E-state index in [4.69, 9.17) is 10.6 Å². The van der Waals surface area contributed by atoms with Crippen LogP contribution in [0.25, 0.3) is 0 Å². The van der Waals surface area contributed by atoms with E-state index in [1.165, 1.54) is 6.92 Å². The SMILES string of the molecule is CC(=CC(=O)CN)C(=O)OOc1ccccc1. The average Bonchev–Trinajstić information content (AvgIpc) is 2.36. The van der Waals surface area contributed by atoms with Gasteiger partial charge in [-0.1, -0.05) is 18.2 Å². The molecule has 5 heteroatoms. The summed E-state index contributed by atoms with van der Waals surface area (Å²) < 4.78 is 0. The molecule has 0 atom stereocenters. The quantitative estimate of drug-likeness (QED) is 0.468. The highest BCUT2D eigenvalue weighted by Crippen LogP contribution is 2.09. The van der Waals surface area contributed by atoms with Crippen molar-refractivity contribution >= 4 is 11.8 Å². The second-order valence-corrected chi connectivity index (χ2v) is 3.26. The van der Waals surface area contributed by atoms with Gasteiger partial charge in [-0.3, -0.25) is 9.68 Å². The number of para-hydroxylation sites is 1. The topological polar surface area (TPSA) is 78.6 Å². The van der Waals surface area contributed by atoms with Crippen molar-refractivity contribution in [3.05, 3.63) is 42.0 Å². The molecule has 0 radical (unpaired) electrons. The van der Waals surface area contributed by atoms with Gasteiger partial charge in [0, 0.05) is 5.57 Å². The first-order valence-corrected chi connectivity index (χ1v) is 4.98. The van der Waals surface area contributed by atoms with Crippen molar-refractivity contribution in [3.8, 4) is 5.75 Å². The maximum absolute atomic E-state index is 11.4. The first-order valence-electron chi connectivity index (χ1n) is 4.98. The molecule has 17 heavy (non-hydrogen) atoms. The Labute approximate surface area is 98.8 Å². The van der Waals surface area contributed by atoms with E-state index in [1.807, 2.05) is 0 Å². The average molecular weight is 235 g/mol. The van der Waals surface area contributed by atoms with Crippen molar-refractivity contribution < 1.29 is 19.4 Å². The summed E-state index contributed by atoms with van der Waals surface area (Å²) in [6.45, 7) is 1.30. The molecule has 0 aliphatic rings. The molecule has 0 fully saturated rings. The van der Waals surface area contributed by atoms with Gasteiger partial charge in [0.05, 0.1) is 6.54 Å². The van der Waals surface area contributed by atoms with Crippen LogP contribution in [0.3, 0.4) is 0 Å². The van der Waals surface area contributed by atoms with Crippen LogP contribution in [0.15, 0.2) is 42.0 Å². The largest absolute Gasteiger partial charge is 0.382 e. The molecule has 0 unspecified atom stereocenters. The number of carbonyl (C=O) groups excluding carboxylic acids is 2. The number of benzene rings is 1. The van der Waals surface area contributed by atoms with Crippen molar-refractivity contribution in [2.45, 2.75) is 6.92 Å². The number of nitrogens with two attached hydrogens (primary N) is 1. The van der Waals surface area contributed by atoms with Gasteiger partial charge in [0.15, 0.2) is 11.5 Å². The molecule has 0 saturated carbocycles. The van der Waals surface area contributed by atoms with Gasteiger partial charge in [-0.05, 0) is 25.1 Å². The van der Waals surface area contributed by atoms with Crippen molar-refractivity contribution in [1.29, 1.82) is 0 Å². The van der Waals surface area contributed by atoms with Gasteiger partial charge in [0.25, 0.3) is 0 Å². The van der Waals surface area contributed by atoms with Gasteiger partial charge in [-0.25, -0.2) is 9.68 Å². The van der Waals surface area contributed by atoms with E-state index in [-0.39, 0.29) is 17.9 Å². The zero-order valence-corrected chi connectivity index (χ0v) is 9.38. The molecule has 2 N–H and O–H groups in total. The third-order valence-electron chi connectivity index (χ3n) is 1.86. The molecule has 0 bridgehead atoms. The lowest BCUT2D eigenvalue weighted by Crippen LogP contribution is -2.14. The lowest BCUT2D eigenvalue weighted by Gasteiger charge is -2.03. The van der Waals surface area contributed by atoms with Crippen LogP contribution in [-0.2, 0) is 14.5 Å². The Hall–Kier alpha value is -2.14. The molecule has 1 aromatic rings. The van der Waals surface area contributed by atoms with Crippen molar-refractivity contribution in [2.75, 3.05) is 6.54 Å². The van der Waals surface area contributed by atoms with Crippen LogP contribution in [0.4, 0.5) is 0 Å². The van der Waals surface area contributed by atoms with E-state index in [0.717, 1.165) is 6.08 Å². The van der Waals surface area contributed by atoms with Crippen LogP contribution in [-0.4, -0.2) is 18.3 Å². The summed E-state index contributed by atoms with van der Waals surface area (Å²) >= 11 is 0. The van der Waals surface area contributed by atoms with Crippen molar-refractivity contribution in [1.82, 2.24) is 0 Å². The zero-order chi connectivity index (χ0) is 12.7. The molecule has 1 aromatic carbocycles.